The Hall–Kier alpha value is -1.32. The molecule has 1 aromatic carbocycles. The minimum atomic E-state index is -0.566. The number of aryl methyl sites for hydroxylation is 1. The second-order valence-corrected chi connectivity index (χ2v) is 4.35. The molecule has 1 atom stereocenters. The molecule has 0 aliphatic carbocycles. The van der Waals surface area contributed by atoms with E-state index in [0.29, 0.717) is 13.1 Å². The molecule has 0 aliphatic rings. The number of methoxy groups -OCH3 is 1. The number of rotatable bonds is 6. The topological polar surface area (TPSA) is 41.5 Å². The van der Waals surface area contributed by atoms with Crippen molar-refractivity contribution in [3.8, 4) is 5.75 Å². The summed E-state index contributed by atoms with van der Waals surface area (Å²) in [7, 11) is 1.61. The molecule has 0 saturated carbocycles. The Bertz CT molecular complexity index is 388. The van der Waals surface area contributed by atoms with Crippen LogP contribution >= 0.6 is 0 Å². The van der Waals surface area contributed by atoms with Gasteiger partial charge >= 0.3 is 0 Å². The number of benzene rings is 1. The highest BCUT2D eigenvalue weighted by Gasteiger charge is 2.12. The van der Waals surface area contributed by atoms with Crippen molar-refractivity contribution in [3.63, 3.8) is 0 Å². The van der Waals surface area contributed by atoms with Gasteiger partial charge in [-0.15, -0.1) is 0 Å². The van der Waals surface area contributed by atoms with Crippen LogP contribution in [0.4, 0.5) is 0 Å². The van der Waals surface area contributed by atoms with E-state index >= 15 is 0 Å². The summed E-state index contributed by atoms with van der Waals surface area (Å²) >= 11 is 0. The van der Waals surface area contributed by atoms with Gasteiger partial charge in [-0.05, 0) is 26.0 Å². The number of hydrogen-bond donors (Lipinski definition) is 2. The summed E-state index contributed by atoms with van der Waals surface area (Å²) in [6, 6.07) is 5.80. The largest absolute Gasteiger partial charge is 0.496 e. The zero-order chi connectivity index (χ0) is 12.8. The van der Waals surface area contributed by atoms with E-state index in [0.717, 1.165) is 22.4 Å². The fraction of sp³-hybridized carbons (Fsp3) is 0.429. The normalized spacial score (nSPS) is 12.2. The molecule has 0 fully saturated rings. The minimum Gasteiger partial charge on any atom is -0.496 e. The standard InChI is InChI=1S/C14H21NO2/c1-10(2)8-15-9-13(16)12-7-11(3)5-6-14(12)17-4/h5-7,13,15-16H,1,8-9H2,2-4H3. The molecule has 3 heteroatoms. The molecular weight excluding hydrogens is 214 g/mol. The van der Waals surface area contributed by atoms with E-state index in [2.05, 4.69) is 11.9 Å². The Morgan fingerprint density at radius 3 is 2.82 bits per heavy atom. The quantitative estimate of drug-likeness (QED) is 0.743. The van der Waals surface area contributed by atoms with Crippen molar-refractivity contribution in [2.75, 3.05) is 20.2 Å². The van der Waals surface area contributed by atoms with Crippen molar-refractivity contribution < 1.29 is 9.84 Å². The van der Waals surface area contributed by atoms with Gasteiger partial charge in [-0.2, -0.15) is 0 Å². The van der Waals surface area contributed by atoms with Crippen LogP contribution in [-0.4, -0.2) is 25.3 Å². The van der Waals surface area contributed by atoms with Gasteiger partial charge in [0.25, 0.3) is 0 Å². The van der Waals surface area contributed by atoms with Gasteiger partial charge in [-0.25, -0.2) is 0 Å². The van der Waals surface area contributed by atoms with Crippen molar-refractivity contribution >= 4 is 0 Å². The van der Waals surface area contributed by atoms with Gasteiger partial charge in [0.1, 0.15) is 5.75 Å². The molecule has 0 radical (unpaired) electrons. The average molecular weight is 235 g/mol. The van der Waals surface area contributed by atoms with E-state index in [-0.39, 0.29) is 0 Å². The highest BCUT2D eigenvalue weighted by atomic mass is 16.5. The molecule has 2 N–H and O–H groups in total. The second-order valence-electron chi connectivity index (χ2n) is 4.35. The third-order valence-electron chi connectivity index (χ3n) is 2.51. The molecule has 0 spiro atoms. The molecule has 0 amide bonds. The zero-order valence-electron chi connectivity index (χ0n) is 10.8. The van der Waals surface area contributed by atoms with Crippen molar-refractivity contribution in [3.05, 3.63) is 41.5 Å². The Morgan fingerprint density at radius 1 is 1.53 bits per heavy atom. The molecule has 1 aromatic rings. The minimum absolute atomic E-state index is 0.493. The van der Waals surface area contributed by atoms with Gasteiger partial charge in [0.15, 0.2) is 0 Å². The Morgan fingerprint density at radius 2 is 2.24 bits per heavy atom. The summed E-state index contributed by atoms with van der Waals surface area (Å²) in [4.78, 5) is 0. The smallest absolute Gasteiger partial charge is 0.124 e. The van der Waals surface area contributed by atoms with Crippen molar-refractivity contribution in [2.45, 2.75) is 20.0 Å². The summed E-state index contributed by atoms with van der Waals surface area (Å²) in [6.07, 6.45) is -0.566. The van der Waals surface area contributed by atoms with Crippen LogP contribution < -0.4 is 10.1 Å². The van der Waals surface area contributed by atoms with Crippen molar-refractivity contribution in [1.82, 2.24) is 5.32 Å². The molecule has 0 aliphatic heterocycles. The molecule has 1 unspecified atom stereocenters. The number of aliphatic hydroxyl groups excluding tert-OH is 1. The van der Waals surface area contributed by atoms with Gasteiger partial charge in [0.2, 0.25) is 0 Å². The van der Waals surface area contributed by atoms with Gasteiger partial charge in [0.05, 0.1) is 13.2 Å². The van der Waals surface area contributed by atoms with Crippen LogP contribution in [0.2, 0.25) is 0 Å². The lowest BCUT2D eigenvalue weighted by Crippen LogP contribution is -2.23. The molecule has 17 heavy (non-hydrogen) atoms. The van der Waals surface area contributed by atoms with Crippen molar-refractivity contribution in [2.24, 2.45) is 0 Å². The summed E-state index contributed by atoms with van der Waals surface area (Å²) < 4.78 is 5.24. The number of hydrogen-bond acceptors (Lipinski definition) is 3. The highest BCUT2D eigenvalue weighted by molar-refractivity contribution is 5.38. The third kappa shape index (κ3) is 4.21. The second kappa shape index (κ2) is 6.42. The first-order valence-corrected chi connectivity index (χ1v) is 5.72. The third-order valence-corrected chi connectivity index (χ3v) is 2.51. The maximum absolute atomic E-state index is 10.1. The lowest BCUT2D eigenvalue weighted by molar-refractivity contribution is 0.171. The summed E-state index contributed by atoms with van der Waals surface area (Å²) in [5.74, 6) is 0.722. The monoisotopic (exact) mass is 235 g/mol. The maximum Gasteiger partial charge on any atom is 0.124 e. The van der Waals surface area contributed by atoms with Crippen molar-refractivity contribution in [1.29, 1.82) is 0 Å². The Labute approximate surface area is 103 Å². The number of aliphatic hydroxyl groups is 1. The van der Waals surface area contributed by atoms with E-state index < -0.39 is 6.10 Å². The summed E-state index contributed by atoms with van der Waals surface area (Å²) in [5.41, 5.74) is 2.98. The predicted molar refractivity (Wildman–Crippen MR) is 70.4 cm³/mol. The Balaban J connectivity index is 2.69. The highest BCUT2D eigenvalue weighted by Crippen LogP contribution is 2.25. The van der Waals surface area contributed by atoms with Crippen LogP contribution in [0.3, 0.4) is 0 Å². The molecule has 0 bridgehead atoms. The van der Waals surface area contributed by atoms with E-state index in [1.165, 1.54) is 0 Å². The molecule has 94 valence electrons. The van der Waals surface area contributed by atoms with Crippen LogP contribution in [0.5, 0.6) is 5.75 Å². The summed E-state index contributed by atoms with van der Waals surface area (Å²) in [5, 5.41) is 13.2. The fourth-order valence-electron chi connectivity index (χ4n) is 1.65. The first-order chi connectivity index (χ1) is 8.04. The molecule has 0 heterocycles. The molecule has 1 rings (SSSR count). The zero-order valence-corrected chi connectivity index (χ0v) is 10.8. The number of nitrogens with one attached hydrogen (secondary N) is 1. The van der Waals surface area contributed by atoms with Gasteiger partial charge in [-0.3, -0.25) is 0 Å². The van der Waals surface area contributed by atoms with Crippen LogP contribution in [0, 0.1) is 6.92 Å². The molecule has 0 saturated heterocycles. The van der Waals surface area contributed by atoms with E-state index in [9.17, 15) is 5.11 Å². The molecule has 3 nitrogen and oxygen atoms in total. The van der Waals surface area contributed by atoms with Gasteiger partial charge in [-0.1, -0.05) is 23.8 Å². The lowest BCUT2D eigenvalue weighted by Gasteiger charge is -2.16. The van der Waals surface area contributed by atoms with E-state index in [4.69, 9.17) is 4.74 Å². The van der Waals surface area contributed by atoms with Crippen LogP contribution in [0.25, 0.3) is 0 Å². The first kappa shape index (κ1) is 13.7. The van der Waals surface area contributed by atoms with Gasteiger partial charge in [0, 0.05) is 18.7 Å². The molecule has 0 aromatic heterocycles. The van der Waals surface area contributed by atoms with Crippen LogP contribution in [-0.2, 0) is 0 Å². The van der Waals surface area contributed by atoms with E-state index in [1.54, 1.807) is 7.11 Å². The SMILES string of the molecule is C=C(C)CNCC(O)c1cc(C)ccc1OC. The van der Waals surface area contributed by atoms with Gasteiger partial charge < -0.3 is 15.2 Å². The first-order valence-electron chi connectivity index (χ1n) is 5.72. The number of ether oxygens (including phenoxy) is 1. The van der Waals surface area contributed by atoms with Crippen LogP contribution in [0.1, 0.15) is 24.2 Å². The Kier molecular flexibility index (Phi) is 5.19. The van der Waals surface area contributed by atoms with E-state index in [1.807, 2.05) is 32.0 Å². The summed E-state index contributed by atoms with van der Waals surface area (Å²) in [6.45, 7) is 8.96. The fourth-order valence-corrected chi connectivity index (χ4v) is 1.65. The maximum atomic E-state index is 10.1. The van der Waals surface area contributed by atoms with Crippen LogP contribution in [0.15, 0.2) is 30.4 Å². The molecular formula is C14H21NO2. The average Bonchev–Trinajstić information content (AvgIpc) is 2.28. The predicted octanol–water partition coefficient (Wildman–Crippen LogP) is 2.20. The lowest BCUT2D eigenvalue weighted by atomic mass is 10.1.